The normalized spacial score (nSPS) is 18.4. The van der Waals surface area contributed by atoms with Crippen LogP contribution in [0.2, 0.25) is 0 Å². The number of aryl methyl sites for hydroxylation is 1. The van der Waals surface area contributed by atoms with Gasteiger partial charge < -0.3 is 14.3 Å². The molecular formula is C24H23N3O3. The third-order valence-corrected chi connectivity index (χ3v) is 5.40. The highest BCUT2D eigenvalue weighted by molar-refractivity contribution is 6.07. The van der Waals surface area contributed by atoms with Gasteiger partial charge in [-0.2, -0.15) is 0 Å². The molecule has 0 spiro atoms. The summed E-state index contributed by atoms with van der Waals surface area (Å²) in [6.07, 6.45) is 2.22. The topological polar surface area (TPSA) is 66.7 Å². The summed E-state index contributed by atoms with van der Waals surface area (Å²) in [5, 5.41) is 3.95. The first-order valence-electron chi connectivity index (χ1n) is 9.79. The molecule has 3 aromatic rings. The van der Waals surface area contributed by atoms with Gasteiger partial charge in [-0.1, -0.05) is 59.8 Å². The lowest BCUT2D eigenvalue weighted by molar-refractivity contribution is -0.148. The molecular weight excluding hydrogens is 378 g/mol. The molecule has 0 aliphatic carbocycles. The van der Waals surface area contributed by atoms with Gasteiger partial charge in [-0.3, -0.25) is 9.59 Å². The number of hydrogen-bond donors (Lipinski definition) is 0. The van der Waals surface area contributed by atoms with Crippen LogP contribution < -0.4 is 0 Å². The first-order valence-corrected chi connectivity index (χ1v) is 9.79. The summed E-state index contributed by atoms with van der Waals surface area (Å²) >= 11 is 0. The van der Waals surface area contributed by atoms with Gasteiger partial charge in [0.1, 0.15) is 11.7 Å². The fraction of sp³-hybridized carbons (Fsp3) is 0.208. The lowest BCUT2D eigenvalue weighted by atomic mass is 9.99. The standard InChI is InChI=1S/C24H23N3O3/c1-16-13-22(30-25-16)19-12-8-7-11-18(19)15-21-24(29)26(2)20(23(28)27(21)3)14-17-9-5-4-6-10-17/h4-13,15,20H,14H2,1-3H3/b21-15-/t20-/m0/s1. The van der Waals surface area contributed by atoms with Gasteiger partial charge in [0, 0.05) is 32.1 Å². The highest BCUT2D eigenvalue weighted by atomic mass is 16.5. The number of aromatic nitrogens is 1. The largest absolute Gasteiger partial charge is 0.356 e. The highest BCUT2D eigenvalue weighted by Gasteiger charge is 2.39. The van der Waals surface area contributed by atoms with Crippen molar-refractivity contribution in [3.8, 4) is 11.3 Å². The Bertz CT molecular complexity index is 1120. The van der Waals surface area contributed by atoms with Gasteiger partial charge in [0.25, 0.3) is 5.91 Å². The Morgan fingerprint density at radius 1 is 1.03 bits per heavy atom. The number of carbonyl (C=O) groups is 2. The molecule has 0 unspecified atom stereocenters. The van der Waals surface area contributed by atoms with E-state index in [-0.39, 0.29) is 11.8 Å². The van der Waals surface area contributed by atoms with E-state index < -0.39 is 6.04 Å². The van der Waals surface area contributed by atoms with Crippen molar-refractivity contribution in [3.05, 3.63) is 83.2 Å². The van der Waals surface area contributed by atoms with Gasteiger partial charge >= 0.3 is 0 Å². The van der Waals surface area contributed by atoms with E-state index in [0.29, 0.717) is 17.9 Å². The Morgan fingerprint density at radius 3 is 2.43 bits per heavy atom. The van der Waals surface area contributed by atoms with E-state index in [1.54, 1.807) is 20.2 Å². The maximum absolute atomic E-state index is 13.2. The Balaban J connectivity index is 1.67. The Morgan fingerprint density at radius 2 is 1.73 bits per heavy atom. The van der Waals surface area contributed by atoms with Crippen molar-refractivity contribution < 1.29 is 14.1 Å². The number of benzene rings is 2. The molecule has 1 aliphatic heterocycles. The number of hydrogen-bond acceptors (Lipinski definition) is 4. The van der Waals surface area contributed by atoms with E-state index in [0.717, 1.165) is 22.4 Å². The average Bonchev–Trinajstić information content (AvgIpc) is 3.20. The van der Waals surface area contributed by atoms with Crippen molar-refractivity contribution in [2.75, 3.05) is 14.1 Å². The minimum absolute atomic E-state index is 0.111. The van der Waals surface area contributed by atoms with Crippen LogP contribution in [0.1, 0.15) is 16.8 Å². The molecule has 6 nitrogen and oxygen atoms in total. The van der Waals surface area contributed by atoms with Crippen molar-refractivity contribution in [1.82, 2.24) is 15.0 Å². The van der Waals surface area contributed by atoms with Crippen LogP contribution in [0.4, 0.5) is 0 Å². The number of amides is 2. The molecule has 152 valence electrons. The quantitative estimate of drug-likeness (QED) is 0.628. The second-order valence-corrected chi connectivity index (χ2v) is 7.47. The maximum atomic E-state index is 13.2. The van der Waals surface area contributed by atoms with Gasteiger partial charge in [-0.05, 0) is 24.1 Å². The first kappa shape index (κ1) is 19.6. The van der Waals surface area contributed by atoms with Crippen LogP contribution in [0.25, 0.3) is 17.4 Å². The van der Waals surface area contributed by atoms with Crippen LogP contribution in [0.3, 0.4) is 0 Å². The van der Waals surface area contributed by atoms with Crippen LogP contribution in [0.15, 0.2) is 70.9 Å². The predicted octanol–water partition coefficient (Wildman–Crippen LogP) is 3.53. The number of rotatable bonds is 4. The molecule has 1 atom stereocenters. The molecule has 4 rings (SSSR count). The van der Waals surface area contributed by atoms with E-state index in [2.05, 4.69) is 5.16 Å². The lowest BCUT2D eigenvalue weighted by Crippen LogP contribution is -2.56. The summed E-state index contributed by atoms with van der Waals surface area (Å²) in [5.74, 6) is 0.314. The zero-order valence-electron chi connectivity index (χ0n) is 17.2. The molecule has 0 radical (unpaired) electrons. The van der Waals surface area contributed by atoms with E-state index in [9.17, 15) is 9.59 Å². The smallest absolute Gasteiger partial charge is 0.271 e. The Labute approximate surface area is 175 Å². The van der Waals surface area contributed by atoms with Gasteiger partial charge in [0.2, 0.25) is 5.91 Å². The van der Waals surface area contributed by atoms with Crippen LogP contribution in [0.5, 0.6) is 0 Å². The summed E-state index contributed by atoms with van der Waals surface area (Å²) in [7, 11) is 3.33. The molecule has 0 saturated carbocycles. The van der Waals surface area contributed by atoms with Gasteiger partial charge in [0.15, 0.2) is 5.76 Å². The first-order chi connectivity index (χ1) is 14.5. The molecule has 0 bridgehead atoms. The predicted molar refractivity (Wildman–Crippen MR) is 114 cm³/mol. The fourth-order valence-electron chi connectivity index (χ4n) is 3.68. The number of likely N-dealkylation sites (N-methyl/N-ethyl adjacent to an activating group) is 2. The second-order valence-electron chi connectivity index (χ2n) is 7.47. The van der Waals surface area contributed by atoms with Crippen LogP contribution in [0, 0.1) is 6.92 Å². The molecule has 6 heteroatoms. The van der Waals surface area contributed by atoms with Crippen LogP contribution in [-0.4, -0.2) is 46.9 Å². The van der Waals surface area contributed by atoms with Crippen LogP contribution in [-0.2, 0) is 16.0 Å². The third-order valence-electron chi connectivity index (χ3n) is 5.40. The summed E-state index contributed by atoms with van der Waals surface area (Å²) < 4.78 is 5.40. The summed E-state index contributed by atoms with van der Waals surface area (Å²) in [6, 6.07) is 18.6. The molecule has 2 amide bonds. The second kappa shape index (κ2) is 7.99. The van der Waals surface area contributed by atoms with E-state index in [1.807, 2.05) is 67.6 Å². The van der Waals surface area contributed by atoms with Crippen molar-refractivity contribution in [1.29, 1.82) is 0 Å². The van der Waals surface area contributed by atoms with E-state index in [4.69, 9.17) is 4.52 Å². The number of nitrogens with zero attached hydrogens (tertiary/aromatic N) is 3. The van der Waals surface area contributed by atoms with Crippen molar-refractivity contribution in [2.24, 2.45) is 0 Å². The summed E-state index contributed by atoms with van der Waals surface area (Å²) in [6.45, 7) is 1.85. The Hall–Kier alpha value is -3.67. The monoisotopic (exact) mass is 401 g/mol. The van der Waals surface area contributed by atoms with Crippen LogP contribution >= 0.6 is 0 Å². The van der Waals surface area contributed by atoms with E-state index in [1.165, 1.54) is 9.80 Å². The molecule has 1 aromatic heterocycles. The zero-order valence-corrected chi connectivity index (χ0v) is 17.2. The average molecular weight is 401 g/mol. The third kappa shape index (κ3) is 3.64. The lowest BCUT2D eigenvalue weighted by Gasteiger charge is -2.38. The van der Waals surface area contributed by atoms with E-state index >= 15 is 0 Å². The summed E-state index contributed by atoms with van der Waals surface area (Å²) in [4.78, 5) is 29.3. The van der Waals surface area contributed by atoms with Gasteiger partial charge in [0.05, 0.1) is 5.69 Å². The molecule has 30 heavy (non-hydrogen) atoms. The fourth-order valence-corrected chi connectivity index (χ4v) is 3.68. The zero-order chi connectivity index (χ0) is 21.3. The molecule has 1 saturated heterocycles. The van der Waals surface area contributed by atoms with Crippen molar-refractivity contribution in [3.63, 3.8) is 0 Å². The highest BCUT2D eigenvalue weighted by Crippen LogP contribution is 2.29. The van der Waals surface area contributed by atoms with Crippen molar-refractivity contribution in [2.45, 2.75) is 19.4 Å². The molecule has 1 fully saturated rings. The number of carbonyl (C=O) groups excluding carboxylic acids is 2. The molecule has 2 aromatic carbocycles. The molecule has 0 N–H and O–H groups in total. The molecule has 2 heterocycles. The maximum Gasteiger partial charge on any atom is 0.271 e. The van der Waals surface area contributed by atoms with Crippen molar-refractivity contribution >= 4 is 17.9 Å². The Kier molecular flexibility index (Phi) is 5.23. The minimum atomic E-state index is -0.533. The minimum Gasteiger partial charge on any atom is -0.356 e. The number of piperazine rings is 1. The summed E-state index contributed by atoms with van der Waals surface area (Å²) in [5.41, 5.74) is 3.72. The SMILES string of the molecule is Cc1cc(-c2ccccc2/C=C2/C(=O)N(C)[C@@H](Cc3ccccc3)C(=O)N2C)on1. The van der Waals surface area contributed by atoms with Gasteiger partial charge in [-0.15, -0.1) is 0 Å². The van der Waals surface area contributed by atoms with Gasteiger partial charge in [-0.25, -0.2) is 0 Å². The molecule has 1 aliphatic rings.